The van der Waals surface area contributed by atoms with E-state index >= 15 is 0 Å². The van der Waals surface area contributed by atoms with Gasteiger partial charge in [0.1, 0.15) is 6.07 Å². The molecular weight excluding hydrogens is 136 g/mol. The van der Waals surface area contributed by atoms with Gasteiger partial charge in [0.25, 0.3) is 0 Å². The van der Waals surface area contributed by atoms with Crippen molar-refractivity contribution < 1.29 is 0 Å². The molecule has 0 saturated heterocycles. The van der Waals surface area contributed by atoms with E-state index in [0.717, 1.165) is 5.69 Å². The van der Waals surface area contributed by atoms with E-state index in [1.165, 1.54) is 0 Å². The molecule has 0 fully saturated rings. The van der Waals surface area contributed by atoms with Crippen LogP contribution >= 0.6 is 0 Å². The van der Waals surface area contributed by atoms with E-state index in [9.17, 15) is 0 Å². The molecule has 2 nitrogen and oxygen atoms in total. The molecule has 0 atom stereocenters. The van der Waals surface area contributed by atoms with Crippen molar-refractivity contribution >= 4 is 0 Å². The largest absolute Gasteiger partial charge is 0.260 e. The molecule has 2 heteroatoms. The molecule has 56 valence electrons. The van der Waals surface area contributed by atoms with Crippen molar-refractivity contribution in [1.29, 1.82) is 5.26 Å². The Bertz CT molecular complexity index is 267. The average Bonchev–Trinajstić information content (AvgIpc) is 2.05. The molecule has 0 bridgehead atoms. The molecule has 11 heavy (non-hydrogen) atoms. The summed E-state index contributed by atoms with van der Waals surface area (Å²) in [5, 5.41) is 8.48. The maximum Gasteiger partial charge on any atom is 0.101 e. The van der Waals surface area contributed by atoms with Gasteiger partial charge < -0.3 is 0 Å². The Kier molecular flexibility index (Phi) is 2.22. The highest BCUT2D eigenvalue weighted by Crippen LogP contribution is 2.10. The fourth-order valence-corrected chi connectivity index (χ4v) is 0.813. The lowest BCUT2D eigenvalue weighted by Crippen LogP contribution is -1.91. The van der Waals surface area contributed by atoms with Gasteiger partial charge in [-0.3, -0.25) is 4.98 Å². The summed E-state index contributed by atoms with van der Waals surface area (Å²) in [7, 11) is 0. The molecule has 1 aromatic heterocycles. The minimum absolute atomic E-state index is 0.433. The van der Waals surface area contributed by atoms with Gasteiger partial charge in [-0.2, -0.15) is 5.26 Å². The Morgan fingerprint density at radius 3 is 2.55 bits per heavy atom. The van der Waals surface area contributed by atoms with Gasteiger partial charge in [-0.25, -0.2) is 0 Å². The van der Waals surface area contributed by atoms with Crippen LogP contribution in [-0.4, -0.2) is 4.98 Å². The minimum Gasteiger partial charge on any atom is -0.260 e. The first-order valence-corrected chi connectivity index (χ1v) is 3.60. The van der Waals surface area contributed by atoms with Gasteiger partial charge >= 0.3 is 0 Å². The topological polar surface area (TPSA) is 36.7 Å². The highest BCUT2D eigenvalue weighted by molar-refractivity contribution is 5.26. The quantitative estimate of drug-likeness (QED) is 0.608. The second-order valence-corrected chi connectivity index (χ2v) is 2.74. The third-order valence-electron chi connectivity index (χ3n) is 1.51. The SMILES string of the molecule is CC(C)c1ccc(C#N)cn1. The monoisotopic (exact) mass is 146 g/mol. The van der Waals surface area contributed by atoms with Crippen molar-refractivity contribution in [3.8, 4) is 6.07 Å². The zero-order valence-corrected chi connectivity index (χ0v) is 6.70. The zero-order valence-electron chi connectivity index (χ0n) is 6.70. The van der Waals surface area contributed by atoms with Crippen LogP contribution in [0.2, 0.25) is 0 Å². The average molecular weight is 146 g/mol. The molecule has 1 aromatic rings. The molecule has 0 saturated carbocycles. The predicted molar refractivity (Wildman–Crippen MR) is 43.0 cm³/mol. The van der Waals surface area contributed by atoms with Crippen molar-refractivity contribution in [1.82, 2.24) is 4.98 Å². The normalized spacial score (nSPS) is 9.64. The first-order chi connectivity index (χ1) is 5.24. The second-order valence-electron chi connectivity index (χ2n) is 2.74. The first-order valence-electron chi connectivity index (χ1n) is 3.60. The first kappa shape index (κ1) is 7.74. The van der Waals surface area contributed by atoms with Crippen LogP contribution in [-0.2, 0) is 0 Å². The number of nitriles is 1. The van der Waals surface area contributed by atoms with Gasteiger partial charge in [0.05, 0.1) is 5.56 Å². The molecule has 1 rings (SSSR count). The lowest BCUT2D eigenvalue weighted by molar-refractivity contribution is 0.822. The van der Waals surface area contributed by atoms with E-state index in [2.05, 4.69) is 18.8 Å². The van der Waals surface area contributed by atoms with Crippen molar-refractivity contribution in [2.45, 2.75) is 19.8 Å². The lowest BCUT2D eigenvalue weighted by atomic mass is 10.1. The Morgan fingerprint density at radius 2 is 2.18 bits per heavy atom. The maximum absolute atomic E-state index is 8.48. The van der Waals surface area contributed by atoms with Crippen LogP contribution in [0.15, 0.2) is 18.3 Å². The van der Waals surface area contributed by atoms with E-state index in [4.69, 9.17) is 5.26 Å². The van der Waals surface area contributed by atoms with Crippen molar-refractivity contribution in [3.63, 3.8) is 0 Å². The van der Waals surface area contributed by atoms with E-state index in [0.29, 0.717) is 11.5 Å². The Balaban J connectivity index is 2.94. The molecule has 0 aliphatic carbocycles. The third kappa shape index (κ3) is 1.78. The van der Waals surface area contributed by atoms with Gasteiger partial charge in [-0.1, -0.05) is 13.8 Å². The van der Waals surface area contributed by atoms with Crippen LogP contribution in [0, 0.1) is 11.3 Å². The summed E-state index contributed by atoms with van der Waals surface area (Å²) in [6, 6.07) is 5.72. The second kappa shape index (κ2) is 3.16. The maximum atomic E-state index is 8.48. The van der Waals surface area contributed by atoms with Crippen molar-refractivity contribution in [2.24, 2.45) is 0 Å². The van der Waals surface area contributed by atoms with Gasteiger partial charge in [0, 0.05) is 11.9 Å². The fraction of sp³-hybridized carbons (Fsp3) is 0.333. The molecule has 0 N–H and O–H groups in total. The summed E-state index contributed by atoms with van der Waals surface area (Å²) in [6.45, 7) is 4.16. The Labute approximate surface area is 66.5 Å². The van der Waals surface area contributed by atoms with Crippen molar-refractivity contribution in [2.75, 3.05) is 0 Å². The smallest absolute Gasteiger partial charge is 0.101 e. The van der Waals surface area contributed by atoms with Gasteiger partial charge in [-0.05, 0) is 18.1 Å². The highest BCUT2D eigenvalue weighted by atomic mass is 14.7. The van der Waals surface area contributed by atoms with Crippen LogP contribution in [0.3, 0.4) is 0 Å². The fourth-order valence-electron chi connectivity index (χ4n) is 0.813. The number of hydrogen-bond acceptors (Lipinski definition) is 2. The summed E-state index contributed by atoms with van der Waals surface area (Å²) in [4.78, 5) is 4.13. The zero-order chi connectivity index (χ0) is 8.27. The summed E-state index contributed by atoms with van der Waals surface area (Å²) < 4.78 is 0. The van der Waals surface area contributed by atoms with E-state index in [1.807, 2.05) is 12.1 Å². The van der Waals surface area contributed by atoms with Crippen LogP contribution < -0.4 is 0 Å². The molecular formula is C9H10N2. The predicted octanol–water partition coefficient (Wildman–Crippen LogP) is 2.08. The standard InChI is InChI=1S/C9H10N2/c1-7(2)9-4-3-8(5-10)6-11-9/h3-4,6-7H,1-2H3. The number of hydrogen-bond donors (Lipinski definition) is 0. The lowest BCUT2D eigenvalue weighted by Gasteiger charge is -2.01. The van der Waals surface area contributed by atoms with E-state index < -0.39 is 0 Å². The molecule has 0 unspecified atom stereocenters. The molecule has 0 radical (unpaired) electrons. The Hall–Kier alpha value is -1.36. The number of nitrogens with zero attached hydrogens (tertiary/aromatic N) is 2. The molecule has 0 aliphatic heterocycles. The summed E-state index contributed by atoms with van der Waals surface area (Å²) >= 11 is 0. The summed E-state index contributed by atoms with van der Waals surface area (Å²) in [5.74, 6) is 0.433. The van der Waals surface area contributed by atoms with Crippen LogP contribution in [0.5, 0.6) is 0 Å². The van der Waals surface area contributed by atoms with Crippen LogP contribution in [0.1, 0.15) is 31.0 Å². The molecule has 0 amide bonds. The van der Waals surface area contributed by atoms with Gasteiger partial charge in [-0.15, -0.1) is 0 Å². The Morgan fingerprint density at radius 1 is 1.45 bits per heavy atom. The molecule has 1 heterocycles. The number of rotatable bonds is 1. The van der Waals surface area contributed by atoms with Gasteiger partial charge in [0.15, 0.2) is 0 Å². The third-order valence-corrected chi connectivity index (χ3v) is 1.51. The van der Waals surface area contributed by atoms with Gasteiger partial charge in [0.2, 0.25) is 0 Å². The van der Waals surface area contributed by atoms with Crippen molar-refractivity contribution in [3.05, 3.63) is 29.6 Å². The van der Waals surface area contributed by atoms with Crippen LogP contribution in [0.4, 0.5) is 0 Å². The molecule has 0 aromatic carbocycles. The van der Waals surface area contributed by atoms with Crippen LogP contribution in [0.25, 0.3) is 0 Å². The number of pyridine rings is 1. The minimum atomic E-state index is 0.433. The van der Waals surface area contributed by atoms with E-state index in [1.54, 1.807) is 12.3 Å². The van der Waals surface area contributed by atoms with E-state index in [-0.39, 0.29) is 0 Å². The number of aromatic nitrogens is 1. The summed E-state index contributed by atoms with van der Waals surface area (Å²) in [5.41, 5.74) is 1.65. The molecule has 0 spiro atoms. The summed E-state index contributed by atoms with van der Waals surface area (Å²) in [6.07, 6.45) is 1.61. The highest BCUT2D eigenvalue weighted by Gasteiger charge is 1.98. The molecule has 0 aliphatic rings.